The quantitative estimate of drug-likeness (QED) is 0.659. The van der Waals surface area contributed by atoms with Crippen molar-refractivity contribution in [1.29, 1.82) is 0 Å². The molecule has 1 unspecified atom stereocenters. The number of amides is 1. The maximum Gasteiger partial charge on any atom is 0.244 e. The van der Waals surface area contributed by atoms with Gasteiger partial charge in [0, 0.05) is 11.5 Å². The topological polar surface area (TPSA) is 42.0 Å². The predicted molar refractivity (Wildman–Crippen MR) is 104 cm³/mol. The molecule has 0 aliphatic carbocycles. The Morgan fingerprint density at radius 3 is 2.40 bits per heavy atom. The molecule has 0 saturated heterocycles. The van der Waals surface area contributed by atoms with E-state index < -0.39 is 0 Å². The molecule has 25 heavy (non-hydrogen) atoms. The van der Waals surface area contributed by atoms with Crippen LogP contribution >= 0.6 is 11.3 Å². The lowest BCUT2D eigenvalue weighted by molar-refractivity contribution is -0.117. The van der Waals surface area contributed by atoms with Crippen molar-refractivity contribution in [2.24, 2.45) is 0 Å². The second kappa shape index (κ2) is 7.90. The summed E-state index contributed by atoms with van der Waals surface area (Å²) < 4.78 is 0. The van der Waals surface area contributed by atoms with E-state index in [2.05, 4.69) is 46.7 Å². The molecule has 0 aliphatic heterocycles. The molecule has 1 heterocycles. The van der Waals surface area contributed by atoms with Crippen molar-refractivity contribution in [3.8, 4) is 11.1 Å². The van der Waals surface area contributed by atoms with Crippen LogP contribution in [0.2, 0.25) is 0 Å². The Balaban J connectivity index is 1.62. The summed E-state index contributed by atoms with van der Waals surface area (Å²) in [7, 11) is 0. The third-order valence-electron chi connectivity index (χ3n) is 3.92. The molecule has 1 N–H and O–H groups in total. The third kappa shape index (κ3) is 4.64. The number of hydrogen-bond acceptors (Lipinski definition) is 3. The number of rotatable bonds is 5. The Morgan fingerprint density at radius 1 is 1.08 bits per heavy atom. The van der Waals surface area contributed by atoms with Gasteiger partial charge in [-0.1, -0.05) is 54.6 Å². The van der Waals surface area contributed by atoms with Crippen molar-refractivity contribution >= 4 is 23.3 Å². The van der Waals surface area contributed by atoms with Gasteiger partial charge in [0.05, 0.1) is 16.7 Å². The summed E-state index contributed by atoms with van der Waals surface area (Å²) in [6.45, 7) is 3.93. The number of thiazole rings is 1. The first-order chi connectivity index (χ1) is 12.1. The van der Waals surface area contributed by atoms with E-state index in [-0.39, 0.29) is 11.9 Å². The van der Waals surface area contributed by atoms with Crippen LogP contribution in [0.4, 0.5) is 0 Å². The van der Waals surface area contributed by atoms with E-state index in [1.54, 1.807) is 17.4 Å². The normalized spacial score (nSPS) is 12.2. The molecule has 0 fully saturated rings. The highest BCUT2D eigenvalue weighted by atomic mass is 32.1. The van der Waals surface area contributed by atoms with Crippen LogP contribution in [-0.2, 0) is 4.79 Å². The first kappa shape index (κ1) is 17.1. The molecule has 0 bridgehead atoms. The molecule has 0 saturated carbocycles. The van der Waals surface area contributed by atoms with Crippen molar-refractivity contribution in [3.05, 3.63) is 82.3 Å². The van der Waals surface area contributed by atoms with Gasteiger partial charge in [-0.15, -0.1) is 11.3 Å². The number of benzene rings is 2. The molecule has 0 spiro atoms. The first-order valence-corrected chi connectivity index (χ1v) is 9.06. The van der Waals surface area contributed by atoms with Gasteiger partial charge in [0.15, 0.2) is 0 Å². The third-order valence-corrected chi connectivity index (χ3v) is 4.71. The summed E-state index contributed by atoms with van der Waals surface area (Å²) in [5, 5.41) is 5.91. The van der Waals surface area contributed by atoms with Crippen LogP contribution < -0.4 is 5.32 Å². The fourth-order valence-electron chi connectivity index (χ4n) is 2.56. The molecule has 0 radical (unpaired) electrons. The van der Waals surface area contributed by atoms with Crippen molar-refractivity contribution in [1.82, 2.24) is 10.3 Å². The number of carbonyl (C=O) groups is 1. The van der Waals surface area contributed by atoms with Gasteiger partial charge >= 0.3 is 0 Å². The Morgan fingerprint density at radius 2 is 1.76 bits per heavy atom. The van der Waals surface area contributed by atoms with Crippen molar-refractivity contribution in [2.45, 2.75) is 19.9 Å². The van der Waals surface area contributed by atoms with Crippen LogP contribution in [0.5, 0.6) is 0 Å². The molecule has 126 valence electrons. The molecule has 3 nitrogen and oxygen atoms in total. The summed E-state index contributed by atoms with van der Waals surface area (Å²) in [5.41, 5.74) is 4.25. The summed E-state index contributed by atoms with van der Waals surface area (Å²) in [6, 6.07) is 18.5. The van der Waals surface area contributed by atoms with Crippen LogP contribution in [0.25, 0.3) is 17.2 Å². The Bertz CT molecular complexity index is 866. The number of aromatic nitrogens is 1. The summed E-state index contributed by atoms with van der Waals surface area (Å²) >= 11 is 1.57. The highest BCUT2D eigenvalue weighted by Gasteiger charge is 2.08. The van der Waals surface area contributed by atoms with Gasteiger partial charge in [-0.3, -0.25) is 4.79 Å². The van der Waals surface area contributed by atoms with Crippen LogP contribution in [0.15, 0.2) is 66.1 Å². The maximum atomic E-state index is 12.1. The lowest BCUT2D eigenvalue weighted by atomic mass is 10.0. The Labute approximate surface area is 152 Å². The molecule has 1 amide bonds. The fraction of sp³-hybridized carbons (Fsp3) is 0.143. The van der Waals surface area contributed by atoms with Gasteiger partial charge in [-0.2, -0.15) is 0 Å². The molecular formula is C21H20N2OS. The molecule has 1 aromatic heterocycles. The minimum absolute atomic E-state index is 0.0563. The smallest absolute Gasteiger partial charge is 0.244 e. The monoisotopic (exact) mass is 348 g/mol. The van der Waals surface area contributed by atoms with Crippen LogP contribution in [-0.4, -0.2) is 10.9 Å². The lowest BCUT2D eigenvalue weighted by Crippen LogP contribution is -2.24. The van der Waals surface area contributed by atoms with Crippen molar-refractivity contribution in [3.63, 3.8) is 0 Å². The minimum atomic E-state index is -0.120. The van der Waals surface area contributed by atoms with E-state index in [4.69, 9.17) is 0 Å². The second-order valence-electron chi connectivity index (χ2n) is 5.84. The van der Waals surface area contributed by atoms with E-state index in [9.17, 15) is 4.79 Å². The maximum absolute atomic E-state index is 12.1. The minimum Gasteiger partial charge on any atom is -0.346 e. The standard InChI is InChI=1S/C21H20N2OS/c1-15(22-21(24)13-12-20-14-25-16(2)23-20)17-8-10-19(11-9-17)18-6-4-3-5-7-18/h3-15H,1-2H3,(H,22,24). The summed E-state index contributed by atoms with van der Waals surface area (Å²) in [4.78, 5) is 16.4. The molecule has 3 rings (SSSR count). The lowest BCUT2D eigenvalue weighted by Gasteiger charge is -2.13. The van der Waals surface area contributed by atoms with Gasteiger partial charge in [-0.05, 0) is 36.6 Å². The van der Waals surface area contributed by atoms with Gasteiger partial charge in [0.1, 0.15) is 0 Å². The summed E-state index contributed by atoms with van der Waals surface area (Å²) in [6.07, 6.45) is 3.27. The number of aryl methyl sites for hydroxylation is 1. The Kier molecular flexibility index (Phi) is 5.41. The highest BCUT2D eigenvalue weighted by molar-refractivity contribution is 7.09. The average Bonchev–Trinajstić information content (AvgIpc) is 3.06. The van der Waals surface area contributed by atoms with E-state index in [1.165, 1.54) is 17.2 Å². The van der Waals surface area contributed by atoms with E-state index in [0.717, 1.165) is 16.3 Å². The molecule has 1 atom stereocenters. The van der Waals surface area contributed by atoms with E-state index in [1.807, 2.05) is 37.4 Å². The zero-order valence-electron chi connectivity index (χ0n) is 14.3. The van der Waals surface area contributed by atoms with Gasteiger partial charge in [0.2, 0.25) is 5.91 Å². The van der Waals surface area contributed by atoms with E-state index >= 15 is 0 Å². The zero-order valence-corrected chi connectivity index (χ0v) is 15.1. The second-order valence-corrected chi connectivity index (χ2v) is 6.91. The number of hydrogen-bond donors (Lipinski definition) is 1. The molecule has 0 aliphatic rings. The zero-order chi connectivity index (χ0) is 17.6. The SMILES string of the molecule is Cc1nc(C=CC(=O)NC(C)c2ccc(-c3ccccc3)cc2)cs1. The van der Waals surface area contributed by atoms with Gasteiger partial charge in [-0.25, -0.2) is 4.98 Å². The van der Waals surface area contributed by atoms with Crippen LogP contribution in [0, 0.1) is 6.92 Å². The average molecular weight is 348 g/mol. The van der Waals surface area contributed by atoms with Crippen LogP contribution in [0.3, 0.4) is 0 Å². The van der Waals surface area contributed by atoms with Crippen molar-refractivity contribution in [2.75, 3.05) is 0 Å². The molecular weight excluding hydrogens is 328 g/mol. The van der Waals surface area contributed by atoms with Crippen LogP contribution in [0.1, 0.15) is 29.2 Å². The van der Waals surface area contributed by atoms with Crippen molar-refractivity contribution < 1.29 is 4.79 Å². The van der Waals surface area contributed by atoms with Gasteiger partial charge < -0.3 is 5.32 Å². The summed E-state index contributed by atoms with van der Waals surface area (Å²) in [5.74, 6) is -0.120. The number of nitrogens with one attached hydrogen (secondary N) is 1. The molecule has 4 heteroatoms. The largest absolute Gasteiger partial charge is 0.346 e. The Hall–Kier alpha value is -2.72. The predicted octanol–water partition coefficient (Wildman–Crippen LogP) is 5.01. The van der Waals surface area contributed by atoms with Gasteiger partial charge in [0.25, 0.3) is 0 Å². The fourth-order valence-corrected chi connectivity index (χ4v) is 3.14. The number of carbonyl (C=O) groups excluding carboxylic acids is 1. The molecule has 3 aromatic rings. The molecule has 2 aromatic carbocycles. The number of nitrogens with zero attached hydrogens (tertiary/aromatic N) is 1. The van der Waals surface area contributed by atoms with E-state index in [0.29, 0.717) is 0 Å². The highest BCUT2D eigenvalue weighted by Crippen LogP contribution is 2.21. The first-order valence-electron chi connectivity index (χ1n) is 8.18.